The maximum absolute atomic E-state index is 16.4. The van der Waals surface area contributed by atoms with Crippen LogP contribution in [0.15, 0.2) is 36.7 Å². The molecule has 0 aliphatic carbocycles. The molecule has 0 amide bonds. The van der Waals surface area contributed by atoms with E-state index >= 15 is 8.78 Å². The number of aliphatic hydroxyl groups excluding tert-OH is 1. The third-order valence-corrected chi connectivity index (χ3v) is 8.86. The number of anilines is 1. The van der Waals surface area contributed by atoms with Crippen molar-refractivity contribution in [2.24, 2.45) is 0 Å². The minimum absolute atomic E-state index is 0.189. The second kappa shape index (κ2) is 12.1. The van der Waals surface area contributed by atoms with Crippen LogP contribution in [0, 0.1) is 6.92 Å². The Morgan fingerprint density at radius 3 is 2.55 bits per heavy atom. The molecule has 6 atom stereocenters. The van der Waals surface area contributed by atoms with E-state index in [-0.39, 0.29) is 11.4 Å². The average Bonchev–Trinajstić information content (AvgIpc) is 3.39. The van der Waals surface area contributed by atoms with Crippen molar-refractivity contribution in [1.29, 1.82) is 0 Å². The van der Waals surface area contributed by atoms with Crippen LogP contribution in [0.25, 0.3) is 11.2 Å². The number of nitrogens with zero attached hydrogens (tertiary/aromatic N) is 5. The Kier molecular flexibility index (Phi) is 9.22. The molecule has 1 unspecified atom stereocenters. The monoisotopic (exact) mass is 628 g/mol. The molecule has 1 fully saturated rings. The topological polar surface area (TPSA) is 133 Å². The van der Waals surface area contributed by atoms with Gasteiger partial charge in [0.05, 0.1) is 12.4 Å². The number of ether oxygens (including phenoxy) is 2. The first-order chi connectivity index (χ1) is 19.6. The first kappa shape index (κ1) is 32.1. The molecular formula is C26H35F2N6O6PS. The molecule has 3 aromatic rings. The van der Waals surface area contributed by atoms with Crippen molar-refractivity contribution in [2.75, 3.05) is 25.6 Å². The van der Waals surface area contributed by atoms with E-state index < -0.39 is 55.2 Å². The molecule has 16 heteroatoms. The number of imidazole rings is 1. The molecule has 1 aliphatic heterocycles. The molecule has 1 aromatic carbocycles. The molecule has 4 rings (SSSR count). The molecule has 230 valence electrons. The number of nitrogens with one attached hydrogen (secondary N) is 1. The lowest BCUT2D eigenvalue weighted by Gasteiger charge is -2.30. The fourth-order valence-corrected chi connectivity index (χ4v) is 6.76. The van der Waals surface area contributed by atoms with Gasteiger partial charge in [-0.3, -0.25) is 9.36 Å². The lowest BCUT2D eigenvalue weighted by Crippen LogP contribution is -2.47. The highest BCUT2D eigenvalue weighted by molar-refractivity contribution is 8.09. The van der Waals surface area contributed by atoms with Gasteiger partial charge in [-0.1, -0.05) is 18.2 Å². The summed E-state index contributed by atoms with van der Waals surface area (Å²) < 4.78 is 56.1. The minimum Gasteiger partial charge on any atom is -0.462 e. The number of aliphatic hydroxyl groups is 1. The molecular weight excluding hydrogens is 593 g/mol. The second-order valence-corrected chi connectivity index (χ2v) is 13.8. The van der Waals surface area contributed by atoms with E-state index in [2.05, 4.69) is 20.0 Å². The van der Waals surface area contributed by atoms with Gasteiger partial charge < -0.3 is 28.5 Å². The fraction of sp³-hybridized carbons (Fsp3) is 0.538. The summed E-state index contributed by atoms with van der Waals surface area (Å²) in [6.45, 7) is 2.77. The van der Waals surface area contributed by atoms with Crippen LogP contribution in [-0.2, 0) is 30.6 Å². The lowest BCUT2D eigenvalue weighted by atomic mass is 9.97. The number of rotatable bonds is 11. The van der Waals surface area contributed by atoms with E-state index in [0.717, 1.165) is 6.92 Å². The van der Waals surface area contributed by atoms with Crippen LogP contribution in [0.4, 0.5) is 14.6 Å². The van der Waals surface area contributed by atoms with Gasteiger partial charge in [-0.2, -0.15) is 0 Å². The van der Waals surface area contributed by atoms with Crippen molar-refractivity contribution in [3.05, 3.63) is 42.5 Å². The highest BCUT2D eigenvalue weighted by Gasteiger charge is 2.65. The molecule has 1 saturated heterocycles. The van der Waals surface area contributed by atoms with Crippen LogP contribution >= 0.6 is 6.64 Å². The number of halogens is 2. The SMILES string of the molecule is Cc1nc(N(C)C)c2ncn([C@@H]3O[C@](F)(COP(=S)(N[C@H](C)C(=O)OC(C)C)Oc4ccccc4)[C@@H](O)[C@@]3(C)F)c2n1. The molecule has 12 nitrogen and oxygen atoms in total. The molecule has 2 N–H and O–H groups in total. The molecule has 3 heterocycles. The van der Waals surface area contributed by atoms with Crippen molar-refractivity contribution in [2.45, 2.75) is 70.6 Å². The van der Waals surface area contributed by atoms with Gasteiger partial charge in [0.2, 0.25) is 0 Å². The number of aryl methyl sites for hydroxylation is 1. The molecule has 0 spiro atoms. The van der Waals surface area contributed by atoms with Crippen molar-refractivity contribution < 1.29 is 37.2 Å². The summed E-state index contributed by atoms with van der Waals surface area (Å²) in [5, 5.41) is 13.7. The summed E-state index contributed by atoms with van der Waals surface area (Å²) >= 11 is 5.61. The normalized spacial score (nSPS) is 26.3. The van der Waals surface area contributed by atoms with Gasteiger partial charge in [0.25, 0.3) is 5.85 Å². The van der Waals surface area contributed by atoms with Gasteiger partial charge in [-0.25, -0.2) is 28.8 Å². The van der Waals surface area contributed by atoms with Crippen LogP contribution in [0.2, 0.25) is 0 Å². The van der Waals surface area contributed by atoms with Crippen LogP contribution in [-0.4, -0.2) is 81.1 Å². The van der Waals surface area contributed by atoms with Crippen molar-refractivity contribution in [3.63, 3.8) is 0 Å². The zero-order chi connectivity index (χ0) is 31.0. The number of benzene rings is 1. The first-order valence-electron chi connectivity index (χ1n) is 13.2. The Hall–Kier alpha value is -2.81. The summed E-state index contributed by atoms with van der Waals surface area (Å²) in [5.41, 5.74) is -2.13. The number of carbonyl (C=O) groups excluding carboxylic acids is 1. The number of hydrogen-bond donors (Lipinski definition) is 2. The third kappa shape index (κ3) is 6.56. The Morgan fingerprint density at radius 1 is 1.26 bits per heavy atom. The number of aromatic nitrogens is 4. The number of fused-ring (bicyclic) bond motifs is 1. The summed E-state index contributed by atoms with van der Waals surface area (Å²) in [6, 6.07) is 7.32. The molecule has 2 aromatic heterocycles. The first-order valence-corrected chi connectivity index (χ1v) is 15.8. The van der Waals surface area contributed by atoms with Crippen LogP contribution in [0.5, 0.6) is 5.75 Å². The molecule has 42 heavy (non-hydrogen) atoms. The summed E-state index contributed by atoms with van der Waals surface area (Å²) in [6.07, 6.45) is -3.14. The Bertz CT molecular complexity index is 1480. The van der Waals surface area contributed by atoms with E-state index in [4.69, 9.17) is 30.3 Å². The molecule has 0 radical (unpaired) electrons. The largest absolute Gasteiger partial charge is 0.462 e. The Morgan fingerprint density at radius 2 is 1.93 bits per heavy atom. The highest BCUT2D eigenvalue weighted by Crippen LogP contribution is 2.52. The second-order valence-electron chi connectivity index (χ2n) is 10.6. The zero-order valence-electron chi connectivity index (χ0n) is 24.3. The maximum atomic E-state index is 16.4. The van der Waals surface area contributed by atoms with Gasteiger partial charge in [0, 0.05) is 14.1 Å². The number of alkyl halides is 2. The quantitative estimate of drug-likeness (QED) is 0.237. The highest BCUT2D eigenvalue weighted by atomic mass is 32.5. The standard InChI is InChI=1S/C26H35F2N6O6PS/c1-15(2)38-22(35)16(3)32-41(42,40-18-11-9-8-10-12-18)37-13-26(28)23(36)25(5,27)24(39-26)34-14-29-19-20(33(6)7)30-17(4)31-21(19)34/h8-12,14-16,23-24,36H,13H2,1-7H3,(H,32,42)/t16-,23+,24-,25-,26-,41?/m1/s1. The Balaban J connectivity index is 1.62. The van der Waals surface area contributed by atoms with Crippen molar-refractivity contribution in [1.82, 2.24) is 24.6 Å². The number of esters is 1. The number of hydrogen-bond acceptors (Lipinski definition) is 11. The average molecular weight is 629 g/mol. The van der Waals surface area contributed by atoms with Crippen LogP contribution in [0.3, 0.4) is 0 Å². The minimum atomic E-state index is -3.72. The molecule has 0 bridgehead atoms. The third-order valence-electron chi connectivity index (χ3n) is 6.38. The predicted molar refractivity (Wildman–Crippen MR) is 155 cm³/mol. The Labute approximate surface area is 247 Å². The lowest BCUT2D eigenvalue weighted by molar-refractivity contribution is -0.202. The molecule has 0 saturated carbocycles. The van der Waals surface area contributed by atoms with Gasteiger partial charge in [0.1, 0.15) is 24.2 Å². The van der Waals surface area contributed by atoms with E-state index in [1.807, 2.05) is 0 Å². The summed E-state index contributed by atoms with van der Waals surface area (Å²) in [5.74, 6) is -2.59. The zero-order valence-corrected chi connectivity index (χ0v) is 26.0. The predicted octanol–water partition coefficient (Wildman–Crippen LogP) is 3.73. The van der Waals surface area contributed by atoms with Crippen LogP contribution < -0.4 is 14.5 Å². The van der Waals surface area contributed by atoms with E-state index in [1.54, 1.807) is 70.1 Å². The van der Waals surface area contributed by atoms with E-state index in [0.29, 0.717) is 17.2 Å². The van der Waals surface area contributed by atoms with Crippen molar-refractivity contribution >= 4 is 41.4 Å². The summed E-state index contributed by atoms with van der Waals surface area (Å²) in [4.78, 5) is 27.2. The van der Waals surface area contributed by atoms with Gasteiger partial charge >= 0.3 is 12.6 Å². The van der Waals surface area contributed by atoms with E-state index in [9.17, 15) is 9.90 Å². The van der Waals surface area contributed by atoms with Gasteiger partial charge in [-0.05, 0) is 58.6 Å². The smallest absolute Gasteiger partial charge is 0.323 e. The number of para-hydroxylation sites is 1. The molecule has 1 aliphatic rings. The van der Waals surface area contributed by atoms with Crippen molar-refractivity contribution in [3.8, 4) is 5.75 Å². The van der Waals surface area contributed by atoms with E-state index in [1.165, 1.54) is 17.8 Å². The van der Waals surface area contributed by atoms with Gasteiger partial charge in [0.15, 0.2) is 35.0 Å². The van der Waals surface area contributed by atoms with Gasteiger partial charge in [-0.15, -0.1) is 0 Å². The van der Waals surface area contributed by atoms with Crippen LogP contribution in [0.1, 0.15) is 39.7 Å². The number of carbonyl (C=O) groups is 1. The maximum Gasteiger partial charge on any atom is 0.323 e. The summed E-state index contributed by atoms with van der Waals surface area (Å²) in [7, 11) is 3.52. The fourth-order valence-electron chi connectivity index (χ4n) is 4.36.